The molecule has 1 nitrogen and oxygen atoms in total. The number of anilines is 1. The van der Waals surface area contributed by atoms with Crippen molar-refractivity contribution < 1.29 is 13.2 Å². The van der Waals surface area contributed by atoms with Crippen molar-refractivity contribution in [3.8, 4) is 0 Å². The summed E-state index contributed by atoms with van der Waals surface area (Å²) in [5.74, 6) is 0. The number of rotatable bonds is 2. The number of aryl methyl sites for hydroxylation is 1. The molecule has 1 aromatic carbocycles. The summed E-state index contributed by atoms with van der Waals surface area (Å²) in [4.78, 5) is 0. The zero-order chi connectivity index (χ0) is 9.90. The maximum Gasteiger partial charge on any atom is 0.405 e. The SMILES string of the molecule is Cc1ccc(NCC(F)(F)F)cc1. The Morgan fingerprint density at radius 3 is 2.15 bits per heavy atom. The van der Waals surface area contributed by atoms with Gasteiger partial charge in [0.15, 0.2) is 0 Å². The molecule has 0 aliphatic carbocycles. The van der Waals surface area contributed by atoms with E-state index in [-0.39, 0.29) is 0 Å². The molecule has 1 rings (SSSR count). The van der Waals surface area contributed by atoms with E-state index in [1.807, 2.05) is 6.92 Å². The summed E-state index contributed by atoms with van der Waals surface area (Å²) in [6.07, 6.45) is -4.16. The molecule has 0 aromatic heterocycles. The Balaban J connectivity index is 2.51. The van der Waals surface area contributed by atoms with E-state index in [1.54, 1.807) is 24.3 Å². The molecule has 0 spiro atoms. The van der Waals surface area contributed by atoms with Crippen molar-refractivity contribution in [2.45, 2.75) is 13.1 Å². The number of alkyl halides is 3. The summed E-state index contributed by atoms with van der Waals surface area (Å²) >= 11 is 0. The van der Waals surface area contributed by atoms with Crippen LogP contribution >= 0.6 is 0 Å². The monoisotopic (exact) mass is 189 g/mol. The zero-order valence-electron chi connectivity index (χ0n) is 7.15. The largest absolute Gasteiger partial charge is 0.405 e. The van der Waals surface area contributed by atoms with Crippen molar-refractivity contribution in [3.05, 3.63) is 29.8 Å². The molecular formula is C9H10F3N. The predicted molar refractivity (Wildman–Crippen MR) is 45.7 cm³/mol. The first-order valence-corrected chi connectivity index (χ1v) is 3.85. The molecule has 1 N–H and O–H groups in total. The zero-order valence-corrected chi connectivity index (χ0v) is 7.15. The van der Waals surface area contributed by atoms with E-state index in [0.717, 1.165) is 5.56 Å². The van der Waals surface area contributed by atoms with Crippen LogP contribution in [0.25, 0.3) is 0 Å². The molecule has 0 saturated heterocycles. The van der Waals surface area contributed by atoms with E-state index in [1.165, 1.54) is 0 Å². The average molecular weight is 189 g/mol. The summed E-state index contributed by atoms with van der Waals surface area (Å²) in [6, 6.07) is 6.78. The third-order valence-electron chi connectivity index (χ3n) is 1.54. The number of hydrogen-bond donors (Lipinski definition) is 1. The van der Waals surface area contributed by atoms with E-state index in [2.05, 4.69) is 5.32 Å². The maximum absolute atomic E-state index is 11.8. The molecule has 0 saturated carbocycles. The topological polar surface area (TPSA) is 12.0 Å². The lowest BCUT2D eigenvalue weighted by Gasteiger charge is -2.09. The van der Waals surface area contributed by atoms with Gasteiger partial charge in [0.05, 0.1) is 0 Å². The normalized spacial score (nSPS) is 11.4. The lowest BCUT2D eigenvalue weighted by Crippen LogP contribution is -2.21. The highest BCUT2D eigenvalue weighted by Gasteiger charge is 2.26. The standard InChI is InChI=1S/C9H10F3N/c1-7-2-4-8(5-3-7)13-6-9(10,11)12/h2-5,13H,6H2,1H3. The van der Waals surface area contributed by atoms with Crippen LogP contribution in [0.15, 0.2) is 24.3 Å². The first-order valence-electron chi connectivity index (χ1n) is 3.85. The lowest BCUT2D eigenvalue weighted by atomic mass is 10.2. The maximum atomic E-state index is 11.8. The Kier molecular flexibility index (Phi) is 2.80. The van der Waals surface area contributed by atoms with Gasteiger partial charge in [0, 0.05) is 5.69 Å². The molecule has 0 aliphatic rings. The number of nitrogens with one attached hydrogen (secondary N) is 1. The van der Waals surface area contributed by atoms with Gasteiger partial charge in [0.25, 0.3) is 0 Å². The van der Waals surface area contributed by atoms with Crippen LogP contribution in [0.2, 0.25) is 0 Å². The summed E-state index contributed by atoms with van der Waals surface area (Å²) in [6.45, 7) is 0.892. The van der Waals surface area contributed by atoms with Crippen molar-refractivity contribution in [3.63, 3.8) is 0 Å². The lowest BCUT2D eigenvalue weighted by molar-refractivity contribution is -0.115. The molecule has 1 aromatic rings. The van der Waals surface area contributed by atoms with Crippen LogP contribution in [0.4, 0.5) is 18.9 Å². The first kappa shape index (κ1) is 9.89. The minimum atomic E-state index is -4.16. The summed E-state index contributed by atoms with van der Waals surface area (Å²) < 4.78 is 35.3. The number of halogens is 3. The summed E-state index contributed by atoms with van der Waals surface area (Å²) in [5, 5.41) is 2.29. The third kappa shape index (κ3) is 3.83. The quantitative estimate of drug-likeness (QED) is 0.754. The van der Waals surface area contributed by atoms with Crippen molar-refractivity contribution in [1.82, 2.24) is 0 Å². The van der Waals surface area contributed by atoms with Crippen LogP contribution in [0.1, 0.15) is 5.56 Å². The Morgan fingerprint density at radius 2 is 1.69 bits per heavy atom. The minimum Gasteiger partial charge on any atom is -0.376 e. The molecule has 0 fully saturated rings. The van der Waals surface area contributed by atoms with Crippen LogP contribution in [0, 0.1) is 6.92 Å². The fourth-order valence-electron chi connectivity index (χ4n) is 0.874. The second-order valence-corrected chi connectivity index (χ2v) is 2.83. The van der Waals surface area contributed by atoms with E-state index < -0.39 is 12.7 Å². The van der Waals surface area contributed by atoms with Gasteiger partial charge in [-0.1, -0.05) is 17.7 Å². The summed E-state index contributed by atoms with van der Waals surface area (Å²) in [5.41, 5.74) is 1.51. The molecule has 72 valence electrons. The second kappa shape index (κ2) is 3.68. The molecule has 0 heterocycles. The van der Waals surface area contributed by atoms with Gasteiger partial charge in [0.1, 0.15) is 6.54 Å². The van der Waals surface area contributed by atoms with Crippen LogP contribution in [0.5, 0.6) is 0 Å². The highest BCUT2D eigenvalue weighted by atomic mass is 19.4. The molecule has 0 radical (unpaired) electrons. The van der Waals surface area contributed by atoms with Gasteiger partial charge < -0.3 is 5.32 Å². The number of benzene rings is 1. The summed E-state index contributed by atoms with van der Waals surface area (Å²) in [7, 11) is 0. The van der Waals surface area contributed by atoms with Crippen molar-refractivity contribution in [1.29, 1.82) is 0 Å². The van der Waals surface area contributed by atoms with Crippen LogP contribution < -0.4 is 5.32 Å². The Morgan fingerprint density at radius 1 is 1.15 bits per heavy atom. The molecule has 0 atom stereocenters. The van der Waals surface area contributed by atoms with Crippen LogP contribution in [-0.4, -0.2) is 12.7 Å². The molecule has 0 bridgehead atoms. The smallest absolute Gasteiger partial charge is 0.376 e. The first-order chi connectivity index (χ1) is 5.97. The number of hydrogen-bond acceptors (Lipinski definition) is 1. The van der Waals surface area contributed by atoms with E-state index >= 15 is 0 Å². The predicted octanol–water partition coefficient (Wildman–Crippen LogP) is 2.97. The Hall–Kier alpha value is -1.19. The van der Waals surface area contributed by atoms with Gasteiger partial charge in [-0.3, -0.25) is 0 Å². The molecule has 0 aliphatic heterocycles. The minimum absolute atomic E-state index is 0.489. The van der Waals surface area contributed by atoms with E-state index in [4.69, 9.17) is 0 Å². The van der Waals surface area contributed by atoms with Crippen LogP contribution in [-0.2, 0) is 0 Å². The van der Waals surface area contributed by atoms with Gasteiger partial charge >= 0.3 is 6.18 Å². The average Bonchev–Trinajstić information content (AvgIpc) is 2.02. The second-order valence-electron chi connectivity index (χ2n) is 2.83. The molecule has 13 heavy (non-hydrogen) atoms. The fourth-order valence-corrected chi connectivity index (χ4v) is 0.874. The fraction of sp³-hybridized carbons (Fsp3) is 0.333. The molecule has 0 amide bonds. The van der Waals surface area contributed by atoms with Gasteiger partial charge in [-0.2, -0.15) is 13.2 Å². The molecule has 0 unspecified atom stereocenters. The highest BCUT2D eigenvalue weighted by Crippen LogP contribution is 2.16. The van der Waals surface area contributed by atoms with Gasteiger partial charge in [0.2, 0.25) is 0 Å². The Bertz CT molecular complexity index is 263. The van der Waals surface area contributed by atoms with E-state index in [9.17, 15) is 13.2 Å². The van der Waals surface area contributed by atoms with Gasteiger partial charge in [-0.05, 0) is 19.1 Å². The van der Waals surface area contributed by atoms with Crippen molar-refractivity contribution in [2.75, 3.05) is 11.9 Å². The van der Waals surface area contributed by atoms with Crippen LogP contribution in [0.3, 0.4) is 0 Å². The van der Waals surface area contributed by atoms with Gasteiger partial charge in [-0.25, -0.2) is 0 Å². The molecule has 4 heteroatoms. The van der Waals surface area contributed by atoms with Crippen molar-refractivity contribution >= 4 is 5.69 Å². The molecular weight excluding hydrogens is 179 g/mol. The van der Waals surface area contributed by atoms with E-state index in [0.29, 0.717) is 5.69 Å². The van der Waals surface area contributed by atoms with Crippen molar-refractivity contribution in [2.24, 2.45) is 0 Å². The Labute approximate surface area is 74.6 Å². The third-order valence-corrected chi connectivity index (χ3v) is 1.54. The van der Waals surface area contributed by atoms with Gasteiger partial charge in [-0.15, -0.1) is 0 Å². The highest BCUT2D eigenvalue weighted by molar-refractivity contribution is 5.44.